The van der Waals surface area contributed by atoms with E-state index in [1.165, 1.54) is 19.7 Å². The van der Waals surface area contributed by atoms with Crippen molar-refractivity contribution < 1.29 is 33.4 Å². The van der Waals surface area contributed by atoms with Crippen LogP contribution < -0.4 is 10.1 Å². The SMILES string of the molecule is COc1cc(C(=O)NC[C@H]2[C@H]3CN(C(=O)c4cnco4)C[C@]34CC[C@H]2O4)ccn1.O=CO. The van der Waals surface area contributed by atoms with Crippen molar-refractivity contribution in [3.05, 3.63) is 42.2 Å². The molecule has 11 nitrogen and oxygen atoms in total. The number of likely N-dealkylation sites (tertiary alicyclic amines) is 1. The number of nitrogens with zero attached hydrogens (tertiary/aromatic N) is 3. The predicted octanol–water partition coefficient (Wildman–Crippen LogP) is 0.829. The smallest absolute Gasteiger partial charge is 0.291 e. The van der Waals surface area contributed by atoms with Gasteiger partial charge < -0.3 is 29.2 Å². The van der Waals surface area contributed by atoms with Crippen LogP contribution in [-0.4, -0.2) is 76.7 Å². The second-order valence-corrected chi connectivity index (χ2v) is 7.98. The van der Waals surface area contributed by atoms with E-state index in [0.29, 0.717) is 31.1 Å². The van der Waals surface area contributed by atoms with Crippen molar-refractivity contribution in [2.24, 2.45) is 11.8 Å². The quantitative estimate of drug-likeness (QED) is 0.641. The van der Waals surface area contributed by atoms with Crippen molar-refractivity contribution in [3.63, 3.8) is 0 Å². The third-order valence-electron chi connectivity index (χ3n) is 6.42. The van der Waals surface area contributed by atoms with Crippen LogP contribution in [0.5, 0.6) is 5.88 Å². The predicted molar refractivity (Wildman–Crippen MR) is 108 cm³/mol. The number of rotatable bonds is 5. The highest BCUT2D eigenvalue weighted by Crippen LogP contribution is 2.54. The van der Waals surface area contributed by atoms with E-state index in [1.54, 1.807) is 23.2 Å². The fourth-order valence-corrected chi connectivity index (χ4v) is 5.07. The Balaban J connectivity index is 0.000000775. The number of oxazole rings is 1. The van der Waals surface area contributed by atoms with Crippen molar-refractivity contribution in [2.45, 2.75) is 24.5 Å². The molecule has 0 radical (unpaired) electrons. The lowest BCUT2D eigenvalue weighted by molar-refractivity contribution is -0.122. The summed E-state index contributed by atoms with van der Waals surface area (Å²) in [7, 11) is 1.52. The van der Waals surface area contributed by atoms with Crippen LogP contribution in [0, 0.1) is 11.8 Å². The number of amides is 2. The summed E-state index contributed by atoms with van der Waals surface area (Å²) in [4.78, 5) is 43.3. The molecular formula is C21H24N4O7. The minimum Gasteiger partial charge on any atom is -0.483 e. The summed E-state index contributed by atoms with van der Waals surface area (Å²) in [5.74, 6) is 0.675. The van der Waals surface area contributed by atoms with Crippen LogP contribution in [0.15, 0.2) is 35.3 Å². The molecule has 0 aliphatic carbocycles. The summed E-state index contributed by atoms with van der Waals surface area (Å²) in [5.41, 5.74) is 0.194. The summed E-state index contributed by atoms with van der Waals surface area (Å²) in [5, 5.41) is 9.91. The van der Waals surface area contributed by atoms with Gasteiger partial charge in [-0.25, -0.2) is 9.97 Å². The van der Waals surface area contributed by atoms with E-state index in [2.05, 4.69) is 15.3 Å². The number of ether oxygens (including phenoxy) is 2. The lowest BCUT2D eigenvalue weighted by atomic mass is 9.73. The molecule has 0 unspecified atom stereocenters. The highest BCUT2D eigenvalue weighted by molar-refractivity contribution is 5.94. The molecule has 4 atom stereocenters. The first kappa shape index (κ1) is 21.8. The van der Waals surface area contributed by atoms with Gasteiger partial charge in [-0.3, -0.25) is 14.4 Å². The molecule has 3 aliphatic heterocycles. The van der Waals surface area contributed by atoms with Crippen LogP contribution in [0.3, 0.4) is 0 Å². The Morgan fingerprint density at radius 2 is 2.28 bits per heavy atom. The minimum absolute atomic E-state index is 0.120. The molecule has 32 heavy (non-hydrogen) atoms. The van der Waals surface area contributed by atoms with Gasteiger partial charge in [0.15, 0.2) is 6.39 Å². The normalized spacial score (nSPS) is 27.3. The Morgan fingerprint density at radius 1 is 1.47 bits per heavy atom. The molecule has 2 N–H and O–H groups in total. The van der Waals surface area contributed by atoms with Crippen LogP contribution in [0.2, 0.25) is 0 Å². The molecule has 1 spiro atoms. The van der Waals surface area contributed by atoms with Crippen molar-refractivity contribution in [1.29, 1.82) is 0 Å². The van der Waals surface area contributed by atoms with Gasteiger partial charge in [-0.05, 0) is 18.9 Å². The number of aromatic nitrogens is 2. The van der Waals surface area contributed by atoms with E-state index < -0.39 is 0 Å². The lowest BCUT2D eigenvalue weighted by Gasteiger charge is -2.29. The number of carboxylic acid groups (broad SMARTS) is 1. The maximum Gasteiger partial charge on any atom is 0.291 e. The zero-order chi connectivity index (χ0) is 22.7. The molecule has 0 aromatic carbocycles. The zero-order valence-corrected chi connectivity index (χ0v) is 17.5. The van der Waals surface area contributed by atoms with E-state index in [4.69, 9.17) is 23.8 Å². The molecule has 2 bridgehead atoms. The monoisotopic (exact) mass is 444 g/mol. The molecule has 3 saturated heterocycles. The number of carbonyl (C=O) groups is 3. The molecule has 0 saturated carbocycles. The Hall–Kier alpha value is -3.47. The highest BCUT2D eigenvalue weighted by Gasteiger charge is 2.63. The van der Waals surface area contributed by atoms with Crippen molar-refractivity contribution >= 4 is 18.3 Å². The van der Waals surface area contributed by atoms with Gasteiger partial charge in [-0.2, -0.15) is 0 Å². The molecule has 5 heterocycles. The maximum atomic E-state index is 12.7. The number of hydrogen-bond donors (Lipinski definition) is 2. The third kappa shape index (κ3) is 3.91. The fraction of sp³-hybridized carbons (Fsp3) is 0.476. The average molecular weight is 444 g/mol. The van der Waals surface area contributed by atoms with E-state index >= 15 is 0 Å². The van der Waals surface area contributed by atoms with Gasteiger partial charge in [0.25, 0.3) is 18.3 Å². The van der Waals surface area contributed by atoms with E-state index in [0.717, 1.165) is 12.8 Å². The van der Waals surface area contributed by atoms with Gasteiger partial charge in [0.1, 0.15) is 0 Å². The first-order chi connectivity index (χ1) is 15.5. The lowest BCUT2D eigenvalue weighted by Crippen LogP contribution is -2.41. The Morgan fingerprint density at radius 3 is 3.00 bits per heavy atom. The van der Waals surface area contributed by atoms with Crippen LogP contribution in [0.1, 0.15) is 33.8 Å². The molecule has 11 heteroatoms. The average Bonchev–Trinajstić information content (AvgIpc) is 3.59. The standard InChI is InChI=1S/C20H22N4O5.CH2O2/c1-27-17-6-12(3-5-22-17)18(25)23-7-13-14-9-24(19(26)16-8-21-11-28-16)10-20(14)4-2-15(13)29-20;2-1-3/h3,5-6,8,11,13-15H,2,4,7,9-10H2,1H3,(H,23,25);1H,(H,2,3)/t13-,14+,15+,20+;/m0./s1. The van der Waals surface area contributed by atoms with Crippen LogP contribution >= 0.6 is 0 Å². The van der Waals surface area contributed by atoms with Gasteiger partial charge in [0.2, 0.25) is 11.6 Å². The molecule has 170 valence electrons. The summed E-state index contributed by atoms with van der Waals surface area (Å²) < 4.78 is 16.6. The Kier molecular flexibility index (Phi) is 6.08. The van der Waals surface area contributed by atoms with Crippen molar-refractivity contribution in [1.82, 2.24) is 20.2 Å². The number of hydrogen-bond acceptors (Lipinski definition) is 8. The van der Waals surface area contributed by atoms with Gasteiger partial charge in [-0.1, -0.05) is 0 Å². The Labute approximate surface area is 183 Å². The molecule has 2 aromatic heterocycles. The first-order valence-electron chi connectivity index (χ1n) is 10.2. The maximum absolute atomic E-state index is 12.7. The number of nitrogens with one attached hydrogen (secondary N) is 1. The molecule has 3 fully saturated rings. The van der Waals surface area contributed by atoms with E-state index in [1.807, 2.05) is 0 Å². The van der Waals surface area contributed by atoms with E-state index in [9.17, 15) is 9.59 Å². The summed E-state index contributed by atoms with van der Waals surface area (Å²) in [6, 6.07) is 3.27. The second kappa shape index (κ2) is 8.95. The Bertz CT molecular complexity index is 982. The first-order valence-corrected chi connectivity index (χ1v) is 10.2. The van der Waals surface area contributed by atoms with Gasteiger partial charge in [0, 0.05) is 42.8 Å². The molecule has 2 amide bonds. The van der Waals surface area contributed by atoms with Gasteiger partial charge in [0.05, 0.1) is 31.6 Å². The number of pyridine rings is 1. The zero-order valence-electron chi connectivity index (χ0n) is 17.5. The van der Waals surface area contributed by atoms with Crippen LogP contribution in [0.25, 0.3) is 0 Å². The third-order valence-corrected chi connectivity index (χ3v) is 6.42. The number of carbonyl (C=O) groups excluding carboxylic acids is 2. The summed E-state index contributed by atoms with van der Waals surface area (Å²) >= 11 is 0. The molecule has 5 rings (SSSR count). The largest absolute Gasteiger partial charge is 0.483 e. The topological polar surface area (TPSA) is 144 Å². The van der Waals surface area contributed by atoms with E-state index in [-0.39, 0.29) is 47.6 Å². The van der Waals surface area contributed by atoms with Crippen LogP contribution in [-0.2, 0) is 9.53 Å². The molecular weight excluding hydrogens is 420 g/mol. The fourth-order valence-electron chi connectivity index (χ4n) is 5.07. The van der Waals surface area contributed by atoms with Crippen molar-refractivity contribution in [2.75, 3.05) is 26.7 Å². The minimum atomic E-state index is -0.310. The number of methoxy groups -OCH3 is 1. The molecule has 3 aliphatic rings. The van der Waals surface area contributed by atoms with Crippen molar-refractivity contribution in [3.8, 4) is 5.88 Å². The highest BCUT2D eigenvalue weighted by atomic mass is 16.5. The summed E-state index contributed by atoms with van der Waals surface area (Å²) in [6.07, 6.45) is 6.26. The second-order valence-electron chi connectivity index (χ2n) is 7.98. The molecule has 2 aromatic rings. The summed E-state index contributed by atoms with van der Waals surface area (Å²) in [6.45, 7) is 1.41. The van der Waals surface area contributed by atoms with Gasteiger partial charge in [-0.15, -0.1) is 0 Å². The van der Waals surface area contributed by atoms with Gasteiger partial charge >= 0.3 is 0 Å². The van der Waals surface area contributed by atoms with Crippen LogP contribution in [0.4, 0.5) is 0 Å². The number of fused-ring (bicyclic) bond motifs is 1.